The van der Waals surface area contributed by atoms with Crippen molar-refractivity contribution in [2.45, 2.75) is 20.4 Å². The number of benzene rings is 1. The van der Waals surface area contributed by atoms with Crippen LogP contribution >= 0.6 is 11.6 Å². The molecule has 144 valence electrons. The number of carbonyl (C=O) groups is 1. The first-order chi connectivity index (χ1) is 13.0. The van der Waals surface area contributed by atoms with Gasteiger partial charge in [-0.3, -0.25) is 0 Å². The summed E-state index contributed by atoms with van der Waals surface area (Å²) in [6.07, 6.45) is -0.257. The Labute approximate surface area is 164 Å². The van der Waals surface area contributed by atoms with Gasteiger partial charge in [-0.15, -0.1) is 0 Å². The second-order valence-electron chi connectivity index (χ2n) is 6.35. The lowest BCUT2D eigenvalue weighted by Gasteiger charge is -2.34. The fourth-order valence-corrected chi connectivity index (χ4v) is 3.01. The number of carbonyl (C=O) groups excluding carboxylic acids is 1. The first kappa shape index (κ1) is 19.2. The highest BCUT2D eigenvalue weighted by atomic mass is 35.5. The summed E-state index contributed by atoms with van der Waals surface area (Å²) in [5, 5.41) is 4.06. The zero-order valence-electron chi connectivity index (χ0n) is 15.6. The lowest BCUT2D eigenvalue weighted by atomic mass is 10.2. The lowest BCUT2D eigenvalue weighted by Crippen LogP contribution is -2.49. The molecular weight excluding hydrogens is 366 g/mol. The number of nitrogens with zero attached hydrogens (tertiary/aromatic N) is 4. The number of amides is 1. The van der Waals surface area contributed by atoms with Crippen LogP contribution in [0.5, 0.6) is 0 Å². The molecule has 1 N–H and O–H groups in total. The number of hydrogen-bond acceptors (Lipinski definition) is 6. The Morgan fingerprint density at radius 1 is 1.19 bits per heavy atom. The smallest absolute Gasteiger partial charge is 0.409 e. The monoisotopic (exact) mass is 389 g/mol. The molecule has 0 atom stereocenters. The van der Waals surface area contributed by atoms with Crippen molar-refractivity contribution in [3.8, 4) is 0 Å². The van der Waals surface area contributed by atoms with Crippen LogP contribution in [0.1, 0.15) is 18.2 Å². The summed E-state index contributed by atoms with van der Waals surface area (Å²) in [5.41, 5.74) is 2.02. The van der Waals surface area contributed by atoms with Gasteiger partial charge in [0.25, 0.3) is 0 Å². The maximum atomic E-state index is 11.8. The summed E-state index contributed by atoms with van der Waals surface area (Å²) >= 11 is 5.92. The molecule has 0 aliphatic carbocycles. The van der Waals surface area contributed by atoms with E-state index >= 15 is 0 Å². The molecule has 0 spiro atoms. The van der Waals surface area contributed by atoms with E-state index in [1.165, 1.54) is 0 Å². The molecule has 1 saturated heterocycles. The highest BCUT2D eigenvalue weighted by Gasteiger charge is 2.23. The van der Waals surface area contributed by atoms with Crippen LogP contribution < -0.4 is 10.2 Å². The number of aromatic nitrogens is 2. The summed E-state index contributed by atoms with van der Waals surface area (Å²) in [6, 6.07) is 9.64. The van der Waals surface area contributed by atoms with E-state index in [-0.39, 0.29) is 6.09 Å². The minimum Gasteiger partial charge on any atom is -0.450 e. The first-order valence-electron chi connectivity index (χ1n) is 9.06. The van der Waals surface area contributed by atoms with Crippen molar-refractivity contribution in [2.24, 2.45) is 0 Å². The summed E-state index contributed by atoms with van der Waals surface area (Å²) < 4.78 is 5.06. The van der Waals surface area contributed by atoms with E-state index in [1.807, 2.05) is 44.2 Å². The third-order valence-electron chi connectivity index (χ3n) is 4.32. The summed E-state index contributed by atoms with van der Waals surface area (Å²) in [5.74, 6) is 1.46. The van der Waals surface area contributed by atoms with Crippen molar-refractivity contribution in [1.82, 2.24) is 14.9 Å². The van der Waals surface area contributed by atoms with Gasteiger partial charge in [0.05, 0.1) is 6.61 Å². The SMILES string of the molecule is CCOC(=O)N1CCN(c2nc(C)cc(NCc3ccc(Cl)cc3)n2)CC1. The van der Waals surface area contributed by atoms with Gasteiger partial charge in [-0.1, -0.05) is 23.7 Å². The largest absolute Gasteiger partial charge is 0.450 e. The van der Waals surface area contributed by atoms with E-state index in [2.05, 4.69) is 20.2 Å². The average Bonchev–Trinajstić information content (AvgIpc) is 2.67. The Morgan fingerprint density at radius 2 is 1.89 bits per heavy atom. The van der Waals surface area contributed by atoms with Gasteiger partial charge in [0.1, 0.15) is 5.82 Å². The van der Waals surface area contributed by atoms with Gasteiger partial charge in [-0.05, 0) is 31.5 Å². The van der Waals surface area contributed by atoms with Crippen LogP contribution in [0.15, 0.2) is 30.3 Å². The summed E-state index contributed by atoms with van der Waals surface area (Å²) in [4.78, 5) is 24.8. The molecule has 2 heterocycles. The number of hydrogen-bond donors (Lipinski definition) is 1. The topological polar surface area (TPSA) is 70.6 Å². The molecule has 0 unspecified atom stereocenters. The molecule has 1 aromatic carbocycles. The number of ether oxygens (including phenoxy) is 1. The van der Waals surface area contributed by atoms with Gasteiger partial charge in [-0.25, -0.2) is 9.78 Å². The van der Waals surface area contributed by atoms with Crippen molar-refractivity contribution in [3.63, 3.8) is 0 Å². The van der Waals surface area contributed by atoms with Crippen LogP contribution in [0.25, 0.3) is 0 Å². The summed E-state index contributed by atoms with van der Waals surface area (Å²) in [6.45, 7) is 7.37. The minimum atomic E-state index is -0.257. The zero-order valence-corrected chi connectivity index (χ0v) is 16.4. The van der Waals surface area contributed by atoms with Crippen molar-refractivity contribution < 1.29 is 9.53 Å². The van der Waals surface area contributed by atoms with Crippen molar-refractivity contribution in [2.75, 3.05) is 43.0 Å². The number of anilines is 2. The predicted molar refractivity (Wildman–Crippen MR) is 106 cm³/mol. The van der Waals surface area contributed by atoms with Crippen molar-refractivity contribution in [1.29, 1.82) is 0 Å². The molecule has 27 heavy (non-hydrogen) atoms. The second kappa shape index (κ2) is 8.90. The molecule has 0 saturated carbocycles. The van der Waals surface area contributed by atoms with E-state index in [0.717, 1.165) is 22.1 Å². The molecular formula is C19H24ClN5O2. The maximum absolute atomic E-state index is 11.8. The Kier molecular flexibility index (Phi) is 6.34. The van der Waals surface area contributed by atoms with Crippen LogP contribution in [0.3, 0.4) is 0 Å². The molecule has 1 fully saturated rings. The van der Waals surface area contributed by atoms with E-state index in [0.29, 0.717) is 45.3 Å². The zero-order chi connectivity index (χ0) is 19.2. The fourth-order valence-electron chi connectivity index (χ4n) is 2.88. The van der Waals surface area contributed by atoms with Gasteiger partial charge in [0.15, 0.2) is 0 Å². The van der Waals surface area contributed by atoms with E-state index < -0.39 is 0 Å². The third kappa shape index (κ3) is 5.23. The second-order valence-corrected chi connectivity index (χ2v) is 6.78. The van der Waals surface area contributed by atoms with Gasteiger partial charge < -0.3 is 19.9 Å². The van der Waals surface area contributed by atoms with Gasteiger partial charge in [-0.2, -0.15) is 4.98 Å². The predicted octanol–water partition coefficient (Wildman–Crippen LogP) is 3.33. The van der Waals surface area contributed by atoms with E-state index in [9.17, 15) is 4.79 Å². The molecule has 0 bridgehead atoms. The average molecular weight is 390 g/mol. The van der Waals surface area contributed by atoms with Gasteiger partial charge in [0, 0.05) is 49.5 Å². The van der Waals surface area contributed by atoms with Crippen LogP contribution in [0.2, 0.25) is 5.02 Å². The first-order valence-corrected chi connectivity index (χ1v) is 9.43. The normalized spacial score (nSPS) is 14.2. The standard InChI is InChI=1S/C19H24ClN5O2/c1-3-27-19(26)25-10-8-24(9-11-25)18-22-14(2)12-17(23-18)21-13-15-4-6-16(20)7-5-15/h4-7,12H,3,8-11,13H2,1-2H3,(H,21,22,23). The maximum Gasteiger partial charge on any atom is 0.409 e. The molecule has 1 aliphatic heterocycles. The fraction of sp³-hybridized carbons (Fsp3) is 0.421. The molecule has 2 aromatic rings. The molecule has 1 amide bonds. The van der Waals surface area contributed by atoms with Crippen molar-refractivity contribution >= 4 is 29.5 Å². The molecule has 0 radical (unpaired) electrons. The van der Waals surface area contributed by atoms with Crippen LogP contribution in [-0.4, -0.2) is 53.7 Å². The number of rotatable bonds is 5. The van der Waals surface area contributed by atoms with Crippen LogP contribution in [0.4, 0.5) is 16.6 Å². The number of nitrogens with one attached hydrogen (secondary N) is 1. The quantitative estimate of drug-likeness (QED) is 0.845. The van der Waals surface area contributed by atoms with Crippen molar-refractivity contribution in [3.05, 3.63) is 46.6 Å². The van der Waals surface area contributed by atoms with E-state index in [1.54, 1.807) is 4.90 Å². The Balaban J connectivity index is 1.62. The van der Waals surface area contributed by atoms with Crippen LogP contribution in [-0.2, 0) is 11.3 Å². The van der Waals surface area contributed by atoms with Gasteiger partial charge in [0.2, 0.25) is 5.95 Å². The molecule has 8 heteroatoms. The Hall–Kier alpha value is -2.54. The van der Waals surface area contributed by atoms with Crippen LogP contribution in [0, 0.1) is 6.92 Å². The number of halogens is 1. The van der Waals surface area contributed by atoms with Gasteiger partial charge >= 0.3 is 6.09 Å². The number of piperazine rings is 1. The van der Waals surface area contributed by atoms with E-state index in [4.69, 9.17) is 16.3 Å². The lowest BCUT2D eigenvalue weighted by molar-refractivity contribution is 0.105. The molecule has 3 rings (SSSR count). The number of aryl methyl sites for hydroxylation is 1. The summed E-state index contributed by atoms with van der Waals surface area (Å²) in [7, 11) is 0. The third-order valence-corrected chi connectivity index (χ3v) is 4.57. The highest BCUT2D eigenvalue weighted by Crippen LogP contribution is 2.17. The Bertz CT molecular complexity index is 776. The Morgan fingerprint density at radius 3 is 2.56 bits per heavy atom. The molecule has 7 nitrogen and oxygen atoms in total. The highest BCUT2D eigenvalue weighted by molar-refractivity contribution is 6.30. The molecule has 1 aromatic heterocycles. The molecule has 1 aliphatic rings. The minimum absolute atomic E-state index is 0.257.